The van der Waals surface area contributed by atoms with Gasteiger partial charge in [0, 0.05) is 5.56 Å². The highest BCUT2D eigenvalue weighted by atomic mass is 32.2. The van der Waals surface area contributed by atoms with Gasteiger partial charge in [0.2, 0.25) is 0 Å². The number of hydrogen-bond acceptors (Lipinski definition) is 4. The van der Waals surface area contributed by atoms with E-state index < -0.39 is 21.8 Å². The van der Waals surface area contributed by atoms with Crippen molar-refractivity contribution >= 4 is 10.0 Å². The Morgan fingerprint density at radius 1 is 0.839 bits per heavy atom. The highest BCUT2D eigenvalue weighted by Crippen LogP contribution is 2.34. The highest BCUT2D eigenvalue weighted by Gasteiger charge is 2.30. The lowest BCUT2D eigenvalue weighted by Crippen LogP contribution is -2.13. The molecule has 158 valence electrons. The molecule has 31 heavy (non-hydrogen) atoms. The zero-order chi connectivity index (χ0) is 22.2. The molecule has 0 fully saturated rings. The number of hydrogen-bond donors (Lipinski definition) is 0. The third kappa shape index (κ3) is 4.09. The van der Waals surface area contributed by atoms with Crippen LogP contribution in [0.25, 0.3) is 22.4 Å². The first-order valence-corrected chi connectivity index (χ1v) is 10.6. The summed E-state index contributed by atoms with van der Waals surface area (Å²) < 4.78 is 65.0. The second-order valence-electron chi connectivity index (χ2n) is 6.92. The Hall–Kier alpha value is -3.46. The number of rotatable bonds is 4. The fraction of sp³-hybridized carbons (Fsp3) is 0.0909. The average molecular weight is 443 g/mol. The van der Waals surface area contributed by atoms with Gasteiger partial charge >= 0.3 is 6.18 Å². The molecule has 0 N–H and O–H groups in total. The fourth-order valence-corrected chi connectivity index (χ4v) is 4.17. The van der Waals surface area contributed by atoms with E-state index >= 15 is 0 Å². The van der Waals surface area contributed by atoms with Crippen molar-refractivity contribution in [1.29, 1.82) is 0 Å². The minimum atomic E-state index is -4.43. The number of aryl methyl sites for hydroxylation is 1. The van der Waals surface area contributed by atoms with Crippen molar-refractivity contribution in [2.45, 2.75) is 18.0 Å². The summed E-state index contributed by atoms with van der Waals surface area (Å²) in [5, 5.41) is 7.77. The lowest BCUT2D eigenvalue weighted by atomic mass is 9.97. The van der Waals surface area contributed by atoms with Gasteiger partial charge in [-0.1, -0.05) is 59.3 Å². The quantitative estimate of drug-likeness (QED) is 0.436. The van der Waals surface area contributed by atoms with E-state index in [1.54, 1.807) is 36.4 Å². The van der Waals surface area contributed by atoms with Gasteiger partial charge in [0.05, 0.1) is 16.7 Å². The van der Waals surface area contributed by atoms with Gasteiger partial charge < -0.3 is 0 Å². The van der Waals surface area contributed by atoms with E-state index in [9.17, 15) is 21.6 Å². The zero-order valence-electron chi connectivity index (χ0n) is 16.2. The van der Waals surface area contributed by atoms with Crippen LogP contribution in [0, 0.1) is 6.92 Å². The molecule has 4 aromatic rings. The predicted octanol–water partition coefficient (Wildman–Crippen LogP) is 5.18. The van der Waals surface area contributed by atoms with Crippen LogP contribution in [-0.2, 0) is 16.2 Å². The largest absolute Gasteiger partial charge is 0.416 e. The number of benzene rings is 3. The maximum absolute atomic E-state index is 12.9. The van der Waals surface area contributed by atoms with Gasteiger partial charge in [-0.3, -0.25) is 0 Å². The van der Waals surface area contributed by atoms with Gasteiger partial charge in [-0.05, 0) is 42.3 Å². The van der Waals surface area contributed by atoms with E-state index in [0.717, 1.165) is 21.8 Å². The number of nitrogens with zero attached hydrogens (tertiary/aromatic N) is 3. The Morgan fingerprint density at radius 3 is 2.06 bits per heavy atom. The minimum absolute atomic E-state index is 0.0746. The van der Waals surface area contributed by atoms with Crippen molar-refractivity contribution < 1.29 is 21.6 Å². The van der Waals surface area contributed by atoms with Crippen molar-refractivity contribution in [2.75, 3.05) is 0 Å². The van der Waals surface area contributed by atoms with Gasteiger partial charge in [-0.15, -0.1) is 9.19 Å². The van der Waals surface area contributed by atoms with E-state index in [-0.39, 0.29) is 10.6 Å². The van der Waals surface area contributed by atoms with Crippen LogP contribution >= 0.6 is 0 Å². The Balaban J connectivity index is 1.73. The highest BCUT2D eigenvalue weighted by molar-refractivity contribution is 7.89. The second kappa shape index (κ2) is 7.66. The van der Waals surface area contributed by atoms with Crippen molar-refractivity contribution in [3.8, 4) is 22.4 Å². The molecule has 0 spiro atoms. The SMILES string of the molecule is Cc1ccc(S(=O)(=O)n2cc(-c3ccccc3-c3ccc(C(F)(F)F)cc3)nn2)cc1. The van der Waals surface area contributed by atoms with E-state index in [2.05, 4.69) is 10.3 Å². The fourth-order valence-electron chi connectivity index (χ4n) is 3.10. The average Bonchev–Trinajstić information content (AvgIpc) is 3.25. The van der Waals surface area contributed by atoms with Crippen LogP contribution in [0.1, 0.15) is 11.1 Å². The Morgan fingerprint density at radius 2 is 1.45 bits per heavy atom. The molecule has 1 heterocycles. The molecule has 0 saturated heterocycles. The van der Waals surface area contributed by atoms with Gasteiger partial charge in [0.25, 0.3) is 10.0 Å². The summed E-state index contributed by atoms with van der Waals surface area (Å²) in [5.74, 6) is 0. The molecular formula is C22H16F3N3O2S. The van der Waals surface area contributed by atoms with Crippen LogP contribution in [0.2, 0.25) is 0 Å². The van der Waals surface area contributed by atoms with Crippen LogP contribution in [0.4, 0.5) is 13.2 Å². The summed E-state index contributed by atoms with van der Waals surface area (Å²) in [6.07, 6.45) is -3.14. The summed E-state index contributed by atoms with van der Waals surface area (Å²) >= 11 is 0. The molecule has 4 rings (SSSR count). The van der Waals surface area contributed by atoms with Crippen LogP contribution in [0.3, 0.4) is 0 Å². The number of alkyl halides is 3. The first kappa shape index (κ1) is 20.8. The Labute approximate surface area is 176 Å². The summed E-state index contributed by atoms with van der Waals surface area (Å²) in [4.78, 5) is 0.0746. The van der Waals surface area contributed by atoms with E-state index in [1.807, 2.05) is 6.92 Å². The third-order valence-corrected chi connectivity index (χ3v) is 6.30. The van der Waals surface area contributed by atoms with Gasteiger partial charge in [-0.25, -0.2) is 0 Å². The van der Waals surface area contributed by atoms with Crippen molar-refractivity contribution in [1.82, 2.24) is 14.4 Å². The summed E-state index contributed by atoms with van der Waals surface area (Å²) in [6.45, 7) is 1.85. The second-order valence-corrected chi connectivity index (χ2v) is 8.71. The molecule has 1 aromatic heterocycles. The molecule has 3 aromatic carbocycles. The molecule has 0 radical (unpaired) electrons. The number of aromatic nitrogens is 3. The normalized spacial score (nSPS) is 12.1. The van der Waals surface area contributed by atoms with Crippen LogP contribution < -0.4 is 0 Å². The monoisotopic (exact) mass is 443 g/mol. The predicted molar refractivity (Wildman–Crippen MR) is 110 cm³/mol. The molecule has 0 aliphatic rings. The molecule has 9 heteroatoms. The van der Waals surface area contributed by atoms with Gasteiger partial charge in [-0.2, -0.15) is 21.6 Å². The smallest absolute Gasteiger partial charge is 0.199 e. The molecule has 5 nitrogen and oxygen atoms in total. The van der Waals surface area contributed by atoms with Crippen LogP contribution in [-0.4, -0.2) is 22.8 Å². The summed E-state index contributed by atoms with van der Waals surface area (Å²) in [6, 6.07) is 18.0. The first-order valence-electron chi connectivity index (χ1n) is 9.18. The Bertz CT molecular complexity index is 1330. The maximum atomic E-state index is 12.9. The maximum Gasteiger partial charge on any atom is 0.416 e. The van der Waals surface area contributed by atoms with Crippen LogP contribution in [0.5, 0.6) is 0 Å². The van der Waals surface area contributed by atoms with E-state index in [1.165, 1.54) is 30.5 Å². The minimum Gasteiger partial charge on any atom is -0.199 e. The molecule has 0 unspecified atom stereocenters. The van der Waals surface area contributed by atoms with Crippen molar-refractivity contribution in [3.63, 3.8) is 0 Å². The van der Waals surface area contributed by atoms with E-state index in [0.29, 0.717) is 16.7 Å². The van der Waals surface area contributed by atoms with Crippen molar-refractivity contribution in [2.24, 2.45) is 0 Å². The molecule has 0 aliphatic heterocycles. The van der Waals surface area contributed by atoms with Crippen molar-refractivity contribution in [3.05, 3.63) is 90.1 Å². The molecule has 0 saturated carbocycles. The molecule has 0 aliphatic carbocycles. The van der Waals surface area contributed by atoms with Gasteiger partial charge in [0.1, 0.15) is 5.69 Å². The molecule has 0 bridgehead atoms. The zero-order valence-corrected chi connectivity index (χ0v) is 17.0. The molecule has 0 atom stereocenters. The standard InChI is InChI=1S/C22H16F3N3O2S/c1-15-6-12-18(13-7-15)31(29,30)28-14-21(26-27-28)20-5-3-2-4-19(20)16-8-10-17(11-9-16)22(23,24)25/h2-14H,1H3. The Kier molecular flexibility index (Phi) is 5.14. The third-order valence-electron chi connectivity index (χ3n) is 4.76. The topological polar surface area (TPSA) is 64.8 Å². The lowest BCUT2D eigenvalue weighted by molar-refractivity contribution is -0.137. The molecular weight excluding hydrogens is 427 g/mol. The van der Waals surface area contributed by atoms with E-state index in [4.69, 9.17) is 0 Å². The number of halogens is 3. The summed E-state index contributed by atoms with van der Waals surface area (Å²) in [5.41, 5.74) is 2.15. The lowest BCUT2D eigenvalue weighted by Gasteiger charge is -2.10. The first-order chi connectivity index (χ1) is 14.7. The summed E-state index contributed by atoms with van der Waals surface area (Å²) in [7, 11) is -3.92. The van der Waals surface area contributed by atoms with Crippen LogP contribution in [0.15, 0.2) is 83.9 Å². The van der Waals surface area contributed by atoms with Gasteiger partial charge in [0.15, 0.2) is 0 Å². The molecule has 0 amide bonds.